The molecule has 0 saturated carbocycles. The molecule has 17 heavy (non-hydrogen) atoms. The molecule has 96 valence electrons. The van der Waals surface area contributed by atoms with Gasteiger partial charge in [0.1, 0.15) is 0 Å². The minimum Gasteiger partial charge on any atom is -0.376 e. The molecule has 0 amide bonds. The fourth-order valence-corrected chi connectivity index (χ4v) is 2.99. The van der Waals surface area contributed by atoms with Gasteiger partial charge in [0.25, 0.3) is 0 Å². The lowest BCUT2D eigenvalue weighted by molar-refractivity contribution is -0.101. The molecule has 4 nitrogen and oxygen atoms in total. The number of hydrogen-bond donors (Lipinski definition) is 2. The molecule has 2 rings (SSSR count). The summed E-state index contributed by atoms with van der Waals surface area (Å²) in [6, 6.07) is 4.49. The number of hydrazine groups is 1. The maximum absolute atomic E-state index is 5.67. The van der Waals surface area contributed by atoms with Gasteiger partial charge in [-0.15, -0.1) is 11.3 Å². The molecule has 0 aromatic carbocycles. The highest BCUT2D eigenvalue weighted by molar-refractivity contribution is 7.11. The van der Waals surface area contributed by atoms with Crippen molar-refractivity contribution in [2.24, 2.45) is 5.84 Å². The van der Waals surface area contributed by atoms with E-state index in [1.807, 2.05) is 11.3 Å². The van der Waals surface area contributed by atoms with Gasteiger partial charge in [0.2, 0.25) is 0 Å². The Morgan fingerprint density at radius 1 is 1.47 bits per heavy atom. The highest BCUT2D eigenvalue weighted by Gasteiger charge is 2.24. The molecule has 0 aliphatic carbocycles. The van der Waals surface area contributed by atoms with Crippen molar-refractivity contribution in [1.29, 1.82) is 0 Å². The zero-order valence-corrected chi connectivity index (χ0v) is 11.0. The van der Waals surface area contributed by atoms with Gasteiger partial charge in [-0.1, -0.05) is 6.92 Å². The minimum atomic E-state index is 0.0564. The molecule has 5 heteroatoms. The molecular weight excluding hydrogens is 236 g/mol. The summed E-state index contributed by atoms with van der Waals surface area (Å²) in [5.41, 5.74) is 2.85. The van der Waals surface area contributed by atoms with Crippen LogP contribution < -0.4 is 11.3 Å². The van der Waals surface area contributed by atoms with Crippen LogP contribution in [0.5, 0.6) is 0 Å². The van der Waals surface area contributed by atoms with Crippen LogP contribution in [-0.2, 0) is 22.3 Å². The summed E-state index contributed by atoms with van der Waals surface area (Å²) >= 11 is 1.85. The van der Waals surface area contributed by atoms with Crippen molar-refractivity contribution in [3.8, 4) is 0 Å². The third kappa shape index (κ3) is 3.50. The number of aryl methyl sites for hydroxylation is 1. The average molecular weight is 256 g/mol. The number of nitrogens with two attached hydrogens (primary N) is 1. The standard InChI is InChI=1S/C12H20N2O2S/c1-2-9-3-4-10(17-9)7-11(14-13)12-8-15-5-6-16-12/h3-4,11-12,14H,2,5-8,13H2,1H3. The third-order valence-electron chi connectivity index (χ3n) is 2.99. The smallest absolute Gasteiger partial charge is 0.0979 e. The molecule has 1 aliphatic heterocycles. The van der Waals surface area contributed by atoms with E-state index in [0.717, 1.165) is 12.8 Å². The highest BCUT2D eigenvalue weighted by atomic mass is 32.1. The van der Waals surface area contributed by atoms with E-state index in [1.165, 1.54) is 9.75 Å². The monoisotopic (exact) mass is 256 g/mol. The van der Waals surface area contributed by atoms with Crippen LogP contribution in [-0.4, -0.2) is 32.0 Å². The maximum atomic E-state index is 5.67. The molecule has 2 unspecified atom stereocenters. The van der Waals surface area contributed by atoms with Crippen LogP contribution in [0.4, 0.5) is 0 Å². The first-order chi connectivity index (χ1) is 8.33. The van der Waals surface area contributed by atoms with E-state index in [4.69, 9.17) is 15.3 Å². The first-order valence-electron chi connectivity index (χ1n) is 6.06. The number of rotatable bonds is 5. The Labute approximate surface area is 106 Å². The van der Waals surface area contributed by atoms with Crippen LogP contribution >= 0.6 is 11.3 Å². The maximum Gasteiger partial charge on any atom is 0.0979 e. The number of nitrogens with one attached hydrogen (secondary N) is 1. The second-order valence-corrected chi connectivity index (χ2v) is 5.44. The molecular formula is C12H20N2O2S. The molecule has 1 aromatic heterocycles. The van der Waals surface area contributed by atoms with Gasteiger partial charge >= 0.3 is 0 Å². The number of ether oxygens (including phenoxy) is 2. The fourth-order valence-electron chi connectivity index (χ4n) is 1.97. The zero-order valence-electron chi connectivity index (χ0n) is 10.1. The Bertz CT molecular complexity index is 337. The SMILES string of the molecule is CCc1ccc(CC(NN)C2COCCO2)s1. The topological polar surface area (TPSA) is 56.5 Å². The lowest BCUT2D eigenvalue weighted by atomic mass is 10.1. The summed E-state index contributed by atoms with van der Waals surface area (Å²) in [7, 11) is 0. The molecule has 3 N–H and O–H groups in total. The quantitative estimate of drug-likeness (QED) is 0.612. The normalized spacial score (nSPS) is 22.6. The van der Waals surface area contributed by atoms with Gasteiger partial charge in [-0.25, -0.2) is 0 Å². The van der Waals surface area contributed by atoms with Crippen LogP contribution in [0.3, 0.4) is 0 Å². The van der Waals surface area contributed by atoms with Gasteiger partial charge in [-0.3, -0.25) is 11.3 Å². The van der Waals surface area contributed by atoms with E-state index in [1.54, 1.807) is 0 Å². The second kappa shape index (κ2) is 6.47. The Kier molecular flexibility index (Phi) is 4.94. The van der Waals surface area contributed by atoms with E-state index in [-0.39, 0.29) is 12.1 Å². The van der Waals surface area contributed by atoms with Crippen LogP contribution in [0.25, 0.3) is 0 Å². The van der Waals surface area contributed by atoms with Crippen molar-refractivity contribution >= 4 is 11.3 Å². The van der Waals surface area contributed by atoms with Gasteiger partial charge in [0.05, 0.1) is 32.0 Å². The van der Waals surface area contributed by atoms with Crippen LogP contribution in [0, 0.1) is 0 Å². The summed E-state index contributed by atoms with van der Waals surface area (Å²) < 4.78 is 11.1. The Morgan fingerprint density at radius 2 is 2.29 bits per heavy atom. The molecule has 0 spiro atoms. The number of hydrogen-bond acceptors (Lipinski definition) is 5. The van der Waals surface area contributed by atoms with Crippen LogP contribution in [0.2, 0.25) is 0 Å². The molecule has 1 fully saturated rings. The van der Waals surface area contributed by atoms with E-state index >= 15 is 0 Å². The Hall–Kier alpha value is -0.460. The van der Waals surface area contributed by atoms with Gasteiger partial charge in [0.15, 0.2) is 0 Å². The summed E-state index contributed by atoms with van der Waals surface area (Å²) in [6.07, 6.45) is 2.05. The number of thiophene rings is 1. The average Bonchev–Trinajstić information content (AvgIpc) is 2.84. The van der Waals surface area contributed by atoms with Crippen molar-refractivity contribution in [2.75, 3.05) is 19.8 Å². The van der Waals surface area contributed by atoms with E-state index in [2.05, 4.69) is 24.5 Å². The largest absolute Gasteiger partial charge is 0.376 e. The molecule has 1 aromatic rings. The second-order valence-electron chi connectivity index (χ2n) is 4.18. The minimum absolute atomic E-state index is 0.0564. The van der Waals surface area contributed by atoms with Gasteiger partial charge in [-0.05, 0) is 18.6 Å². The lowest BCUT2D eigenvalue weighted by Gasteiger charge is -2.29. The van der Waals surface area contributed by atoms with Crippen molar-refractivity contribution < 1.29 is 9.47 Å². The predicted molar refractivity (Wildman–Crippen MR) is 69.1 cm³/mol. The molecule has 1 saturated heterocycles. The van der Waals surface area contributed by atoms with Gasteiger partial charge < -0.3 is 9.47 Å². The molecule has 1 aliphatic rings. The van der Waals surface area contributed by atoms with E-state index in [0.29, 0.717) is 19.8 Å². The van der Waals surface area contributed by atoms with Crippen molar-refractivity contribution in [1.82, 2.24) is 5.43 Å². The summed E-state index contributed by atoms with van der Waals surface area (Å²) in [6.45, 7) is 4.15. The van der Waals surface area contributed by atoms with E-state index in [9.17, 15) is 0 Å². The summed E-state index contributed by atoms with van der Waals surface area (Å²) in [5.74, 6) is 5.61. The van der Waals surface area contributed by atoms with Crippen LogP contribution in [0.15, 0.2) is 12.1 Å². The van der Waals surface area contributed by atoms with Crippen molar-refractivity contribution in [3.63, 3.8) is 0 Å². The Morgan fingerprint density at radius 3 is 2.88 bits per heavy atom. The first-order valence-corrected chi connectivity index (χ1v) is 6.88. The first kappa shape index (κ1) is 13.0. The highest BCUT2D eigenvalue weighted by Crippen LogP contribution is 2.20. The zero-order chi connectivity index (χ0) is 12.1. The third-order valence-corrected chi connectivity index (χ3v) is 4.24. The van der Waals surface area contributed by atoms with Gasteiger partial charge in [0, 0.05) is 16.2 Å². The van der Waals surface area contributed by atoms with Crippen molar-refractivity contribution in [3.05, 3.63) is 21.9 Å². The Balaban J connectivity index is 1.93. The summed E-state index contributed by atoms with van der Waals surface area (Å²) in [4.78, 5) is 2.76. The molecule has 2 heterocycles. The van der Waals surface area contributed by atoms with Crippen molar-refractivity contribution in [2.45, 2.75) is 31.9 Å². The van der Waals surface area contributed by atoms with E-state index < -0.39 is 0 Å². The van der Waals surface area contributed by atoms with Crippen LogP contribution in [0.1, 0.15) is 16.7 Å². The predicted octanol–water partition coefficient (Wildman–Crippen LogP) is 1.10. The molecule has 2 atom stereocenters. The molecule has 0 radical (unpaired) electrons. The summed E-state index contributed by atoms with van der Waals surface area (Å²) in [5, 5.41) is 0. The van der Waals surface area contributed by atoms with Gasteiger partial charge in [-0.2, -0.15) is 0 Å². The fraction of sp³-hybridized carbons (Fsp3) is 0.667. The lowest BCUT2D eigenvalue weighted by Crippen LogP contribution is -2.50. The molecule has 0 bridgehead atoms.